The smallest absolute Gasteiger partial charge is 0.328 e. The zero-order valence-electron chi connectivity index (χ0n) is 11.0. The van der Waals surface area contributed by atoms with Crippen LogP contribution in [0.2, 0.25) is 0 Å². The van der Waals surface area contributed by atoms with E-state index in [2.05, 4.69) is 29.4 Å². The lowest BCUT2D eigenvalue weighted by atomic mass is 10.3. The fraction of sp³-hybridized carbons (Fsp3) is 0.818. The Hall–Kier alpha value is -1.34. The Labute approximate surface area is 107 Å². The molecule has 0 bridgehead atoms. The number of aliphatic carboxylic acids is 1. The molecular weight excluding hydrogens is 238 g/mol. The van der Waals surface area contributed by atoms with Crippen LogP contribution >= 0.6 is 0 Å². The number of amides is 2. The van der Waals surface area contributed by atoms with Gasteiger partial charge in [-0.1, -0.05) is 13.8 Å². The van der Waals surface area contributed by atoms with E-state index < -0.39 is 24.6 Å². The van der Waals surface area contributed by atoms with Gasteiger partial charge in [-0.2, -0.15) is 0 Å². The minimum absolute atomic E-state index is 0.472. The van der Waals surface area contributed by atoms with Crippen molar-refractivity contribution in [2.75, 3.05) is 32.8 Å². The Morgan fingerprint density at radius 2 is 1.89 bits per heavy atom. The van der Waals surface area contributed by atoms with Crippen molar-refractivity contribution >= 4 is 12.0 Å². The first-order valence-corrected chi connectivity index (χ1v) is 6.15. The first kappa shape index (κ1) is 16.7. The highest BCUT2D eigenvalue weighted by Gasteiger charge is 2.17. The van der Waals surface area contributed by atoms with E-state index in [0.29, 0.717) is 6.54 Å². The molecule has 0 spiro atoms. The standard InChI is InChI=1S/C11H23N3O4/c1-3-14(4-2)7-5-6-12-11(18)13-9(8-15)10(16)17/h9,15H,3-8H2,1-2H3,(H,16,17)(H2,12,13,18)/t9-/m0/s1. The molecule has 0 rings (SSSR count). The maximum Gasteiger partial charge on any atom is 0.328 e. The van der Waals surface area contributed by atoms with E-state index in [1.54, 1.807) is 0 Å². The van der Waals surface area contributed by atoms with E-state index in [9.17, 15) is 9.59 Å². The highest BCUT2D eigenvalue weighted by Crippen LogP contribution is 1.89. The molecule has 18 heavy (non-hydrogen) atoms. The number of hydrogen-bond acceptors (Lipinski definition) is 4. The van der Waals surface area contributed by atoms with Gasteiger partial charge in [0, 0.05) is 6.54 Å². The van der Waals surface area contributed by atoms with Crippen molar-refractivity contribution in [3.63, 3.8) is 0 Å². The van der Waals surface area contributed by atoms with Gasteiger partial charge >= 0.3 is 12.0 Å². The van der Waals surface area contributed by atoms with Crippen molar-refractivity contribution < 1.29 is 19.8 Å². The third-order valence-corrected chi connectivity index (χ3v) is 2.62. The zero-order valence-corrected chi connectivity index (χ0v) is 11.0. The molecule has 0 aliphatic carbocycles. The van der Waals surface area contributed by atoms with Crippen LogP contribution in [-0.2, 0) is 4.79 Å². The number of carbonyl (C=O) groups excluding carboxylic acids is 1. The number of aliphatic hydroxyl groups is 1. The van der Waals surface area contributed by atoms with Gasteiger partial charge in [0.25, 0.3) is 0 Å². The third kappa shape index (κ3) is 7.08. The monoisotopic (exact) mass is 261 g/mol. The third-order valence-electron chi connectivity index (χ3n) is 2.62. The van der Waals surface area contributed by atoms with E-state index >= 15 is 0 Å². The lowest BCUT2D eigenvalue weighted by Gasteiger charge is -2.18. The van der Waals surface area contributed by atoms with Crippen molar-refractivity contribution in [3.8, 4) is 0 Å². The molecule has 1 atom stereocenters. The molecule has 0 aliphatic rings. The number of nitrogens with zero attached hydrogens (tertiary/aromatic N) is 1. The van der Waals surface area contributed by atoms with E-state index in [0.717, 1.165) is 26.1 Å². The van der Waals surface area contributed by atoms with Crippen molar-refractivity contribution in [1.82, 2.24) is 15.5 Å². The Morgan fingerprint density at radius 3 is 2.33 bits per heavy atom. The Bertz CT molecular complexity index is 257. The second-order valence-electron chi connectivity index (χ2n) is 3.85. The molecule has 0 aliphatic heterocycles. The van der Waals surface area contributed by atoms with Gasteiger partial charge in [0.1, 0.15) is 0 Å². The number of hydrogen-bond donors (Lipinski definition) is 4. The predicted molar refractivity (Wildman–Crippen MR) is 67.4 cm³/mol. The minimum Gasteiger partial charge on any atom is -0.480 e. The summed E-state index contributed by atoms with van der Waals surface area (Å²) < 4.78 is 0. The van der Waals surface area contributed by atoms with Crippen LogP contribution in [0.15, 0.2) is 0 Å². The largest absolute Gasteiger partial charge is 0.480 e. The second-order valence-corrected chi connectivity index (χ2v) is 3.85. The normalized spacial score (nSPS) is 12.2. The van der Waals surface area contributed by atoms with Crippen LogP contribution in [0.3, 0.4) is 0 Å². The van der Waals surface area contributed by atoms with Crippen molar-refractivity contribution in [2.24, 2.45) is 0 Å². The van der Waals surface area contributed by atoms with Gasteiger partial charge in [0.2, 0.25) is 0 Å². The molecule has 106 valence electrons. The lowest BCUT2D eigenvalue weighted by Crippen LogP contribution is -2.48. The molecule has 0 fully saturated rings. The average Bonchev–Trinajstić information content (AvgIpc) is 2.35. The fourth-order valence-electron chi connectivity index (χ4n) is 1.44. The van der Waals surface area contributed by atoms with E-state index in [4.69, 9.17) is 10.2 Å². The number of aliphatic hydroxyl groups excluding tert-OH is 1. The summed E-state index contributed by atoms with van der Waals surface area (Å²) in [4.78, 5) is 24.1. The molecule has 0 heterocycles. The van der Waals surface area contributed by atoms with Crippen LogP contribution < -0.4 is 10.6 Å². The number of rotatable bonds is 9. The summed E-state index contributed by atoms with van der Waals surface area (Å²) in [6.07, 6.45) is 0.798. The summed E-state index contributed by atoms with van der Waals surface area (Å²) in [5, 5.41) is 22.1. The molecule has 0 radical (unpaired) electrons. The maximum absolute atomic E-state index is 11.3. The molecule has 0 aromatic carbocycles. The van der Waals surface area contributed by atoms with Gasteiger partial charge in [-0.15, -0.1) is 0 Å². The molecule has 7 heteroatoms. The van der Waals surface area contributed by atoms with Crippen LogP contribution in [0.4, 0.5) is 4.79 Å². The van der Waals surface area contributed by atoms with Crippen molar-refractivity contribution in [1.29, 1.82) is 0 Å². The average molecular weight is 261 g/mol. The quantitative estimate of drug-likeness (QED) is 0.418. The molecule has 0 saturated heterocycles. The number of carboxylic acids is 1. The summed E-state index contributed by atoms with van der Waals surface area (Å²) >= 11 is 0. The summed E-state index contributed by atoms with van der Waals surface area (Å²) in [6, 6.07) is -1.83. The minimum atomic E-state index is -1.26. The van der Waals surface area contributed by atoms with Gasteiger partial charge in [-0.3, -0.25) is 0 Å². The molecule has 0 unspecified atom stereocenters. The van der Waals surface area contributed by atoms with Gasteiger partial charge in [0.15, 0.2) is 6.04 Å². The van der Waals surface area contributed by atoms with Gasteiger partial charge in [0.05, 0.1) is 6.61 Å². The van der Waals surface area contributed by atoms with Crippen molar-refractivity contribution in [2.45, 2.75) is 26.3 Å². The van der Waals surface area contributed by atoms with Crippen molar-refractivity contribution in [3.05, 3.63) is 0 Å². The topological polar surface area (TPSA) is 102 Å². The molecule has 0 aromatic rings. The van der Waals surface area contributed by atoms with E-state index in [1.165, 1.54) is 0 Å². The molecule has 4 N–H and O–H groups in total. The van der Waals surface area contributed by atoms with Crippen LogP contribution in [0.1, 0.15) is 20.3 Å². The number of urea groups is 1. The lowest BCUT2D eigenvalue weighted by molar-refractivity contribution is -0.140. The van der Waals surface area contributed by atoms with E-state index in [1.807, 2.05) is 0 Å². The molecular formula is C11H23N3O4. The Kier molecular flexibility index (Phi) is 8.95. The Balaban J connectivity index is 3.74. The first-order valence-electron chi connectivity index (χ1n) is 6.15. The van der Waals surface area contributed by atoms with Crippen LogP contribution in [0.25, 0.3) is 0 Å². The van der Waals surface area contributed by atoms with Crippen LogP contribution in [0, 0.1) is 0 Å². The second kappa shape index (κ2) is 9.67. The maximum atomic E-state index is 11.3. The summed E-state index contributed by atoms with van der Waals surface area (Å²) in [7, 11) is 0. The molecule has 0 saturated carbocycles. The van der Waals surface area contributed by atoms with Crippen LogP contribution in [0.5, 0.6) is 0 Å². The van der Waals surface area contributed by atoms with Gasteiger partial charge in [-0.25, -0.2) is 9.59 Å². The molecule has 2 amide bonds. The molecule has 0 aromatic heterocycles. The van der Waals surface area contributed by atoms with Gasteiger partial charge in [-0.05, 0) is 26.1 Å². The number of carboxylic acid groups (broad SMARTS) is 1. The molecule has 7 nitrogen and oxygen atoms in total. The zero-order chi connectivity index (χ0) is 14.0. The van der Waals surface area contributed by atoms with Crippen LogP contribution in [-0.4, -0.2) is 65.9 Å². The first-order chi connectivity index (χ1) is 8.54. The highest BCUT2D eigenvalue weighted by molar-refractivity contribution is 5.82. The summed E-state index contributed by atoms with van der Waals surface area (Å²) in [5.74, 6) is -1.25. The number of nitrogens with one attached hydrogen (secondary N) is 2. The summed E-state index contributed by atoms with van der Waals surface area (Å²) in [5.41, 5.74) is 0. The predicted octanol–water partition coefficient (Wildman–Crippen LogP) is -0.537. The number of carbonyl (C=O) groups is 2. The van der Waals surface area contributed by atoms with E-state index in [-0.39, 0.29) is 0 Å². The summed E-state index contributed by atoms with van der Waals surface area (Å²) in [6.45, 7) is 6.81. The SMILES string of the molecule is CCN(CC)CCCNC(=O)N[C@@H](CO)C(=O)O. The van der Waals surface area contributed by atoms with Gasteiger partial charge < -0.3 is 25.7 Å². The highest BCUT2D eigenvalue weighted by atomic mass is 16.4. The Morgan fingerprint density at radius 1 is 1.28 bits per heavy atom. The fourth-order valence-corrected chi connectivity index (χ4v) is 1.44.